The molecule has 0 aliphatic carbocycles. The van der Waals surface area contributed by atoms with Gasteiger partial charge >= 0.3 is 6.03 Å². The summed E-state index contributed by atoms with van der Waals surface area (Å²) in [4.78, 5) is 25.0. The van der Waals surface area contributed by atoms with Crippen LogP contribution in [0.15, 0.2) is 66.7 Å². The molecule has 0 spiro atoms. The van der Waals surface area contributed by atoms with Crippen LogP contribution in [0.2, 0.25) is 0 Å². The van der Waals surface area contributed by atoms with Crippen LogP contribution in [0.25, 0.3) is 0 Å². The van der Waals surface area contributed by atoms with E-state index >= 15 is 0 Å². The van der Waals surface area contributed by atoms with Gasteiger partial charge < -0.3 is 16.0 Å². The summed E-state index contributed by atoms with van der Waals surface area (Å²) in [5.74, 6) is -0.407. The topological polar surface area (TPSA) is 116 Å². The molecule has 3 amide bonds. The Kier molecular flexibility index (Phi) is 6.79. The van der Waals surface area contributed by atoms with Crippen molar-refractivity contribution in [2.45, 2.75) is 13.8 Å². The van der Waals surface area contributed by atoms with E-state index in [0.717, 1.165) is 11.8 Å². The van der Waals surface area contributed by atoms with Crippen LogP contribution >= 0.6 is 0 Å². The zero-order valence-electron chi connectivity index (χ0n) is 17.9. The molecular weight excluding hydrogens is 428 g/mol. The lowest BCUT2D eigenvalue weighted by Gasteiger charge is -2.13. The summed E-state index contributed by atoms with van der Waals surface area (Å²) in [6.45, 7) is 3.57. The molecule has 3 aromatic rings. The maximum atomic E-state index is 12.8. The van der Waals surface area contributed by atoms with Crippen LogP contribution < -0.4 is 20.7 Å². The molecule has 3 rings (SSSR count). The quantitative estimate of drug-likeness (QED) is 0.438. The Balaban J connectivity index is 1.74. The summed E-state index contributed by atoms with van der Waals surface area (Å²) < 4.78 is 25.5. The number of sulfonamides is 1. The van der Waals surface area contributed by atoms with Crippen molar-refractivity contribution >= 4 is 44.7 Å². The highest BCUT2D eigenvalue weighted by molar-refractivity contribution is 7.92. The lowest BCUT2D eigenvalue weighted by atomic mass is 10.1. The van der Waals surface area contributed by atoms with Crippen LogP contribution in [-0.4, -0.2) is 26.6 Å². The minimum atomic E-state index is -3.48. The van der Waals surface area contributed by atoms with E-state index in [9.17, 15) is 18.0 Å². The van der Waals surface area contributed by atoms with E-state index in [2.05, 4.69) is 20.7 Å². The molecule has 9 heteroatoms. The van der Waals surface area contributed by atoms with Gasteiger partial charge in [-0.3, -0.25) is 9.52 Å². The van der Waals surface area contributed by atoms with Gasteiger partial charge in [0, 0.05) is 22.6 Å². The number of anilines is 4. The predicted octanol–water partition coefficient (Wildman–Crippen LogP) is 4.57. The van der Waals surface area contributed by atoms with Gasteiger partial charge in [-0.2, -0.15) is 0 Å². The zero-order chi connectivity index (χ0) is 23.3. The van der Waals surface area contributed by atoms with Crippen molar-refractivity contribution in [3.63, 3.8) is 0 Å². The molecule has 32 heavy (non-hydrogen) atoms. The maximum Gasteiger partial charge on any atom is 0.323 e. The Labute approximate surface area is 187 Å². The van der Waals surface area contributed by atoms with Gasteiger partial charge in [0.25, 0.3) is 5.91 Å². The van der Waals surface area contributed by atoms with Gasteiger partial charge in [0.1, 0.15) is 0 Å². The second kappa shape index (κ2) is 9.52. The largest absolute Gasteiger partial charge is 0.323 e. The average Bonchev–Trinajstić information content (AvgIpc) is 2.71. The standard InChI is InChI=1S/C23H24N4O4S/c1-15-10-12-19(25-23(29)24-18-7-5-4-6-8-18)14-20(15)26-22(28)17-11-9-16(2)21(13-17)27-32(3,30)31/h4-14,27H,1-3H3,(H,26,28)(H2,24,25,29). The van der Waals surface area contributed by atoms with E-state index in [1.54, 1.807) is 49.4 Å². The monoisotopic (exact) mass is 452 g/mol. The lowest BCUT2D eigenvalue weighted by molar-refractivity contribution is 0.102. The molecule has 0 saturated heterocycles. The number of hydrogen-bond donors (Lipinski definition) is 4. The van der Waals surface area contributed by atoms with E-state index in [1.807, 2.05) is 25.1 Å². The summed E-state index contributed by atoms with van der Waals surface area (Å²) in [5.41, 5.74) is 3.80. The van der Waals surface area contributed by atoms with Gasteiger partial charge in [-0.15, -0.1) is 0 Å². The third-order valence-corrected chi connectivity index (χ3v) is 5.16. The van der Waals surface area contributed by atoms with E-state index in [1.165, 1.54) is 6.07 Å². The fraction of sp³-hybridized carbons (Fsp3) is 0.130. The molecule has 0 fully saturated rings. The molecule has 0 unspecified atom stereocenters. The Bertz CT molecular complexity index is 1260. The molecule has 0 bridgehead atoms. The first-order chi connectivity index (χ1) is 15.1. The van der Waals surface area contributed by atoms with E-state index < -0.39 is 22.0 Å². The molecule has 0 radical (unpaired) electrons. The Morgan fingerprint density at radius 2 is 1.34 bits per heavy atom. The van der Waals surface area contributed by atoms with E-state index in [0.29, 0.717) is 33.9 Å². The fourth-order valence-corrected chi connectivity index (χ4v) is 3.54. The molecule has 0 aromatic heterocycles. The van der Waals surface area contributed by atoms with Gasteiger partial charge in [-0.25, -0.2) is 13.2 Å². The Morgan fingerprint density at radius 3 is 2.03 bits per heavy atom. The Morgan fingerprint density at radius 1 is 0.719 bits per heavy atom. The van der Waals surface area contributed by atoms with Gasteiger partial charge in [-0.1, -0.05) is 30.3 Å². The van der Waals surface area contributed by atoms with E-state index in [4.69, 9.17) is 0 Å². The summed E-state index contributed by atoms with van der Waals surface area (Å²) in [6.07, 6.45) is 1.05. The first-order valence-corrected chi connectivity index (χ1v) is 11.6. The minimum absolute atomic E-state index is 0.293. The van der Waals surface area contributed by atoms with Crippen molar-refractivity contribution in [3.05, 3.63) is 83.4 Å². The van der Waals surface area contributed by atoms with Crippen molar-refractivity contribution < 1.29 is 18.0 Å². The van der Waals surface area contributed by atoms with Crippen LogP contribution in [0, 0.1) is 13.8 Å². The highest BCUT2D eigenvalue weighted by Gasteiger charge is 2.13. The van der Waals surface area contributed by atoms with Gasteiger partial charge in [0.05, 0.1) is 11.9 Å². The molecule has 166 valence electrons. The number of hydrogen-bond acceptors (Lipinski definition) is 4. The van der Waals surface area contributed by atoms with Gasteiger partial charge in [0.2, 0.25) is 10.0 Å². The van der Waals surface area contributed by atoms with Crippen LogP contribution in [0.3, 0.4) is 0 Å². The van der Waals surface area contributed by atoms with Gasteiger partial charge in [0.15, 0.2) is 0 Å². The molecule has 0 saturated carbocycles. The highest BCUT2D eigenvalue weighted by Crippen LogP contribution is 2.23. The molecule has 0 aliphatic rings. The summed E-state index contributed by atoms with van der Waals surface area (Å²) in [5, 5.41) is 8.27. The van der Waals surface area contributed by atoms with E-state index in [-0.39, 0.29) is 0 Å². The third-order valence-electron chi connectivity index (χ3n) is 4.57. The zero-order valence-corrected chi connectivity index (χ0v) is 18.7. The second-order valence-electron chi connectivity index (χ2n) is 7.33. The van der Waals surface area contributed by atoms with Crippen LogP contribution in [0.1, 0.15) is 21.5 Å². The third kappa shape index (κ3) is 6.32. The number of carbonyl (C=O) groups is 2. The molecule has 0 aliphatic heterocycles. The van der Waals surface area contributed by atoms with Crippen molar-refractivity contribution in [2.75, 3.05) is 26.9 Å². The number of aryl methyl sites for hydroxylation is 2. The molecule has 4 N–H and O–H groups in total. The van der Waals surface area contributed by atoms with Crippen molar-refractivity contribution in [1.29, 1.82) is 0 Å². The maximum absolute atomic E-state index is 12.8. The number of carbonyl (C=O) groups excluding carboxylic acids is 2. The fourth-order valence-electron chi connectivity index (χ4n) is 2.92. The summed E-state index contributed by atoms with van der Waals surface area (Å²) >= 11 is 0. The lowest BCUT2D eigenvalue weighted by Crippen LogP contribution is -2.20. The predicted molar refractivity (Wildman–Crippen MR) is 128 cm³/mol. The highest BCUT2D eigenvalue weighted by atomic mass is 32.2. The summed E-state index contributed by atoms with van der Waals surface area (Å²) in [6, 6.07) is 18.5. The second-order valence-corrected chi connectivity index (χ2v) is 9.08. The summed E-state index contributed by atoms with van der Waals surface area (Å²) in [7, 11) is -3.48. The number of para-hydroxylation sites is 1. The molecule has 3 aromatic carbocycles. The van der Waals surface area contributed by atoms with Crippen molar-refractivity contribution in [3.8, 4) is 0 Å². The van der Waals surface area contributed by atoms with Crippen LogP contribution in [0.5, 0.6) is 0 Å². The Hall–Kier alpha value is -3.85. The van der Waals surface area contributed by atoms with Crippen molar-refractivity contribution in [2.24, 2.45) is 0 Å². The molecule has 8 nitrogen and oxygen atoms in total. The molecule has 0 atom stereocenters. The first kappa shape index (κ1) is 22.8. The number of rotatable bonds is 6. The van der Waals surface area contributed by atoms with Crippen LogP contribution in [0.4, 0.5) is 27.5 Å². The normalized spacial score (nSPS) is 10.8. The number of nitrogens with one attached hydrogen (secondary N) is 4. The SMILES string of the molecule is Cc1ccc(NC(=O)Nc2ccccc2)cc1NC(=O)c1ccc(C)c(NS(C)(=O)=O)c1. The van der Waals surface area contributed by atoms with Crippen LogP contribution in [-0.2, 0) is 10.0 Å². The minimum Gasteiger partial charge on any atom is -0.322 e. The molecular formula is C23H24N4O4S. The van der Waals surface area contributed by atoms with Crippen molar-refractivity contribution in [1.82, 2.24) is 0 Å². The average molecular weight is 453 g/mol. The number of urea groups is 1. The first-order valence-electron chi connectivity index (χ1n) is 9.74. The smallest absolute Gasteiger partial charge is 0.322 e. The van der Waals surface area contributed by atoms with Gasteiger partial charge in [-0.05, 0) is 61.4 Å². The molecule has 0 heterocycles. The number of amides is 3. The number of benzene rings is 3.